The molecule has 34 heavy (non-hydrogen) atoms. The number of alkyl halides is 6. The summed E-state index contributed by atoms with van der Waals surface area (Å²) in [5.74, 6) is -4.42. The van der Waals surface area contributed by atoms with Crippen molar-refractivity contribution in [1.82, 2.24) is 4.90 Å². The molecule has 0 aromatic heterocycles. The molecular weight excluding hydrogens is 486 g/mol. The molecule has 1 heterocycles. The third-order valence-electron chi connectivity index (χ3n) is 6.31. The standard InChI is InChI=1S/C22H20F6N2O3S/c23-21(24,25)18(22(26,27)28)20(15-4-2-1-3-5-15)17-10-16(34(32,33)12-13-6-7-13)9-8-14(17)11-30(20)19(29)31/h1-5,8-10,13,18H,6-7,11-12H2,(H2,29,31). The molecule has 0 radical (unpaired) electrons. The van der Waals surface area contributed by atoms with E-state index < -0.39 is 62.2 Å². The van der Waals surface area contributed by atoms with Gasteiger partial charge in [-0.05, 0) is 47.6 Å². The molecule has 2 N–H and O–H groups in total. The number of sulfone groups is 1. The summed E-state index contributed by atoms with van der Waals surface area (Å²) in [7, 11) is -3.98. The van der Waals surface area contributed by atoms with Crippen LogP contribution in [0.1, 0.15) is 29.5 Å². The number of nitrogens with two attached hydrogens (primary N) is 1. The predicted molar refractivity (Wildman–Crippen MR) is 109 cm³/mol. The highest BCUT2D eigenvalue weighted by Crippen LogP contribution is 2.59. The maximum Gasteiger partial charge on any atom is 0.403 e. The second-order valence-electron chi connectivity index (χ2n) is 8.62. The van der Waals surface area contributed by atoms with Crippen LogP contribution in [-0.4, -0.2) is 37.5 Å². The van der Waals surface area contributed by atoms with Gasteiger partial charge in [0.25, 0.3) is 0 Å². The average Bonchev–Trinajstić information content (AvgIpc) is 3.45. The summed E-state index contributed by atoms with van der Waals surface area (Å²) in [6.45, 7) is -0.648. The van der Waals surface area contributed by atoms with Crippen molar-refractivity contribution in [1.29, 1.82) is 0 Å². The van der Waals surface area contributed by atoms with Crippen LogP contribution >= 0.6 is 0 Å². The van der Waals surface area contributed by atoms with E-state index in [2.05, 4.69) is 0 Å². The molecule has 0 saturated heterocycles. The third-order valence-corrected chi connectivity index (χ3v) is 8.19. The Balaban J connectivity index is 2.08. The van der Waals surface area contributed by atoms with E-state index in [9.17, 15) is 39.6 Å². The number of fused-ring (bicyclic) bond motifs is 1. The molecule has 184 valence electrons. The SMILES string of the molecule is NC(=O)N1Cc2ccc(S(=O)(=O)CC3CC3)cc2C1(c1ccccc1)C(C(F)(F)F)C(F)(F)F. The van der Waals surface area contributed by atoms with Gasteiger partial charge in [-0.25, -0.2) is 13.2 Å². The molecule has 1 atom stereocenters. The zero-order valence-corrected chi connectivity index (χ0v) is 18.3. The smallest absolute Gasteiger partial charge is 0.351 e. The zero-order valence-electron chi connectivity index (χ0n) is 17.5. The highest BCUT2D eigenvalue weighted by Gasteiger charge is 2.71. The molecule has 1 aliphatic carbocycles. The second kappa shape index (κ2) is 7.89. The van der Waals surface area contributed by atoms with Gasteiger partial charge in [-0.2, -0.15) is 26.3 Å². The first kappa shape index (κ1) is 24.4. The summed E-state index contributed by atoms with van der Waals surface area (Å²) >= 11 is 0. The summed E-state index contributed by atoms with van der Waals surface area (Å²) in [5, 5.41) is 0. The van der Waals surface area contributed by atoms with Crippen molar-refractivity contribution in [2.24, 2.45) is 17.6 Å². The molecule has 1 saturated carbocycles. The minimum absolute atomic E-state index is 0.0495. The fourth-order valence-corrected chi connectivity index (χ4v) is 6.48. The van der Waals surface area contributed by atoms with Gasteiger partial charge in [-0.15, -0.1) is 0 Å². The van der Waals surface area contributed by atoms with Gasteiger partial charge in [0.15, 0.2) is 15.8 Å². The summed E-state index contributed by atoms with van der Waals surface area (Å²) < 4.78 is 111. The van der Waals surface area contributed by atoms with E-state index in [1.807, 2.05) is 0 Å². The van der Waals surface area contributed by atoms with E-state index in [0.29, 0.717) is 17.7 Å². The number of urea groups is 1. The van der Waals surface area contributed by atoms with Crippen molar-refractivity contribution in [2.45, 2.75) is 42.2 Å². The average molecular weight is 506 g/mol. The Labute approximate surface area is 191 Å². The number of hydrogen-bond donors (Lipinski definition) is 1. The Morgan fingerprint density at radius 1 is 1.03 bits per heavy atom. The van der Waals surface area contributed by atoms with E-state index in [1.54, 1.807) is 0 Å². The molecule has 1 aliphatic heterocycles. The molecule has 1 fully saturated rings. The highest BCUT2D eigenvalue weighted by molar-refractivity contribution is 7.91. The maximum atomic E-state index is 14.2. The van der Waals surface area contributed by atoms with Crippen LogP contribution in [0.25, 0.3) is 0 Å². The monoisotopic (exact) mass is 506 g/mol. The molecule has 4 rings (SSSR count). The molecule has 2 amide bonds. The largest absolute Gasteiger partial charge is 0.403 e. The maximum absolute atomic E-state index is 14.2. The number of amides is 2. The number of carbonyl (C=O) groups is 1. The van der Waals surface area contributed by atoms with Crippen molar-refractivity contribution in [2.75, 3.05) is 5.75 Å². The third kappa shape index (κ3) is 4.01. The lowest BCUT2D eigenvalue weighted by Gasteiger charge is -2.45. The molecule has 0 spiro atoms. The minimum atomic E-state index is -5.85. The highest BCUT2D eigenvalue weighted by atomic mass is 32.2. The molecular formula is C22H20F6N2O3S. The number of rotatable bonds is 5. The van der Waals surface area contributed by atoms with Gasteiger partial charge in [-0.1, -0.05) is 36.4 Å². The molecule has 0 bridgehead atoms. The Bertz CT molecular complexity index is 1200. The van der Waals surface area contributed by atoms with Crippen LogP contribution in [-0.2, 0) is 21.9 Å². The minimum Gasteiger partial charge on any atom is -0.351 e. The number of carbonyl (C=O) groups excluding carboxylic acids is 1. The van der Waals surface area contributed by atoms with E-state index in [4.69, 9.17) is 5.73 Å². The normalized spacial score (nSPS) is 21.1. The van der Waals surface area contributed by atoms with E-state index >= 15 is 0 Å². The van der Waals surface area contributed by atoms with E-state index in [-0.39, 0.29) is 17.2 Å². The number of hydrogen-bond acceptors (Lipinski definition) is 3. The molecule has 1 unspecified atom stereocenters. The summed E-state index contributed by atoms with van der Waals surface area (Å²) in [6, 6.07) is 7.61. The van der Waals surface area contributed by atoms with Gasteiger partial charge in [0.2, 0.25) is 0 Å². The van der Waals surface area contributed by atoms with Crippen molar-refractivity contribution < 1.29 is 39.6 Å². The number of nitrogens with zero attached hydrogens (tertiary/aromatic N) is 1. The van der Waals surface area contributed by atoms with Crippen LogP contribution in [0.3, 0.4) is 0 Å². The van der Waals surface area contributed by atoms with Gasteiger partial charge < -0.3 is 10.6 Å². The van der Waals surface area contributed by atoms with Crippen molar-refractivity contribution in [3.63, 3.8) is 0 Å². The quantitative estimate of drug-likeness (QED) is 0.595. The van der Waals surface area contributed by atoms with Crippen LogP contribution in [0.15, 0.2) is 53.4 Å². The molecule has 5 nitrogen and oxygen atoms in total. The molecule has 12 heteroatoms. The first-order chi connectivity index (χ1) is 15.7. The second-order valence-corrected chi connectivity index (χ2v) is 10.7. The fourth-order valence-electron chi connectivity index (χ4n) is 4.77. The van der Waals surface area contributed by atoms with Crippen molar-refractivity contribution >= 4 is 15.9 Å². The number of primary amides is 1. The van der Waals surface area contributed by atoms with Crippen LogP contribution < -0.4 is 5.73 Å². The van der Waals surface area contributed by atoms with E-state index in [0.717, 1.165) is 30.3 Å². The lowest BCUT2D eigenvalue weighted by molar-refractivity contribution is -0.309. The lowest BCUT2D eigenvalue weighted by atomic mass is 9.72. The van der Waals surface area contributed by atoms with Crippen molar-refractivity contribution in [3.05, 3.63) is 65.2 Å². The fraction of sp³-hybridized carbons (Fsp3) is 0.409. The Morgan fingerprint density at radius 2 is 1.62 bits per heavy atom. The Morgan fingerprint density at radius 3 is 2.12 bits per heavy atom. The Hall–Kier alpha value is -2.76. The van der Waals surface area contributed by atoms with Gasteiger partial charge in [0.1, 0.15) is 5.54 Å². The summed E-state index contributed by atoms with van der Waals surface area (Å²) in [5.41, 5.74) is 1.10. The predicted octanol–water partition coefficient (Wildman–Crippen LogP) is 4.75. The van der Waals surface area contributed by atoms with Gasteiger partial charge in [0.05, 0.1) is 10.6 Å². The van der Waals surface area contributed by atoms with Gasteiger partial charge in [-0.3, -0.25) is 0 Å². The van der Waals surface area contributed by atoms with Gasteiger partial charge >= 0.3 is 18.4 Å². The zero-order chi connectivity index (χ0) is 25.1. The lowest BCUT2D eigenvalue weighted by Crippen LogP contribution is -2.60. The molecule has 2 aromatic rings. The van der Waals surface area contributed by atoms with Crippen LogP contribution in [0, 0.1) is 11.8 Å². The first-order valence-electron chi connectivity index (χ1n) is 10.3. The first-order valence-corrected chi connectivity index (χ1v) is 12.0. The topological polar surface area (TPSA) is 80.5 Å². The summed E-state index contributed by atoms with van der Waals surface area (Å²) in [4.78, 5) is 12.3. The van der Waals surface area contributed by atoms with E-state index in [1.165, 1.54) is 18.2 Å². The number of benzene rings is 2. The molecule has 2 aromatic carbocycles. The van der Waals surface area contributed by atoms with Crippen molar-refractivity contribution in [3.8, 4) is 0 Å². The van der Waals surface area contributed by atoms with Crippen LogP contribution in [0.5, 0.6) is 0 Å². The van der Waals surface area contributed by atoms with Gasteiger partial charge in [0, 0.05) is 6.54 Å². The Kier molecular flexibility index (Phi) is 5.66. The van der Waals surface area contributed by atoms with Crippen LogP contribution in [0.2, 0.25) is 0 Å². The summed E-state index contributed by atoms with van der Waals surface area (Å²) in [6.07, 6.45) is -10.4. The van der Waals surface area contributed by atoms with Crippen LogP contribution in [0.4, 0.5) is 31.1 Å². The number of halogens is 6. The molecule has 2 aliphatic rings.